The van der Waals surface area contributed by atoms with Gasteiger partial charge in [-0.2, -0.15) is 5.10 Å². The number of halogens is 2. The van der Waals surface area contributed by atoms with Crippen LogP contribution in [0.1, 0.15) is 33.6 Å². The van der Waals surface area contributed by atoms with E-state index in [2.05, 4.69) is 5.10 Å². The second kappa shape index (κ2) is 8.12. The van der Waals surface area contributed by atoms with Crippen molar-refractivity contribution in [2.24, 2.45) is 11.7 Å². The minimum absolute atomic E-state index is 0.0311. The quantitative estimate of drug-likeness (QED) is 0.625. The molecule has 1 aliphatic rings. The van der Waals surface area contributed by atoms with Crippen LogP contribution in [0.25, 0.3) is 5.52 Å². The lowest BCUT2D eigenvalue weighted by Gasteiger charge is -2.12. The number of aromatic nitrogens is 2. The van der Waals surface area contributed by atoms with E-state index in [0.29, 0.717) is 35.9 Å². The first-order chi connectivity index (χ1) is 14.3. The Labute approximate surface area is 172 Å². The number of rotatable bonds is 6. The van der Waals surface area contributed by atoms with E-state index in [0.717, 1.165) is 5.56 Å². The Balaban J connectivity index is 1.66. The predicted molar refractivity (Wildman–Crippen MR) is 107 cm³/mol. The number of hydrogen-bond acceptors (Lipinski definition) is 5. The number of nitrogens with zero attached hydrogens (tertiary/aromatic N) is 2. The fraction of sp³-hybridized carbons (Fsp3) is 0.364. The average molecular weight is 415 g/mol. The maximum Gasteiger partial charge on any atom is 0.215 e. The number of ketones is 1. The van der Waals surface area contributed by atoms with Crippen LogP contribution < -0.4 is 10.5 Å². The van der Waals surface area contributed by atoms with Gasteiger partial charge < -0.3 is 15.2 Å². The third-order valence-electron chi connectivity index (χ3n) is 5.42. The minimum Gasteiger partial charge on any atom is -0.473 e. The van der Waals surface area contributed by atoms with Gasteiger partial charge in [0.1, 0.15) is 18.2 Å². The second-order valence-electron chi connectivity index (χ2n) is 7.71. The fourth-order valence-electron chi connectivity index (χ4n) is 3.79. The van der Waals surface area contributed by atoms with Crippen molar-refractivity contribution < 1.29 is 23.0 Å². The first-order valence-corrected chi connectivity index (χ1v) is 9.77. The van der Waals surface area contributed by atoms with Crippen molar-refractivity contribution in [3.8, 4) is 5.88 Å². The van der Waals surface area contributed by atoms with Gasteiger partial charge in [0, 0.05) is 24.4 Å². The van der Waals surface area contributed by atoms with Crippen molar-refractivity contribution in [1.29, 1.82) is 0 Å². The molecule has 3 heterocycles. The molecule has 1 saturated heterocycles. The highest BCUT2D eigenvalue weighted by atomic mass is 19.1. The van der Waals surface area contributed by atoms with Gasteiger partial charge in [0.05, 0.1) is 35.6 Å². The van der Waals surface area contributed by atoms with Crippen molar-refractivity contribution in [1.82, 2.24) is 9.61 Å². The lowest BCUT2D eigenvalue weighted by molar-refractivity contribution is 0.0952. The van der Waals surface area contributed by atoms with E-state index in [1.165, 1.54) is 22.7 Å². The van der Waals surface area contributed by atoms with Gasteiger partial charge in [-0.25, -0.2) is 13.3 Å². The first kappa shape index (κ1) is 20.4. The summed E-state index contributed by atoms with van der Waals surface area (Å²) in [5, 5.41) is 4.45. The molecule has 0 saturated carbocycles. The van der Waals surface area contributed by atoms with Crippen LogP contribution in [0.3, 0.4) is 0 Å². The first-order valence-electron chi connectivity index (χ1n) is 9.77. The maximum atomic E-state index is 13.9. The van der Waals surface area contributed by atoms with Crippen LogP contribution in [0.4, 0.5) is 8.78 Å². The van der Waals surface area contributed by atoms with Gasteiger partial charge in [-0.05, 0) is 37.6 Å². The molecule has 0 aliphatic carbocycles. The van der Waals surface area contributed by atoms with E-state index in [4.69, 9.17) is 15.2 Å². The molecule has 0 unspecified atom stereocenters. The molecule has 0 radical (unpaired) electrons. The van der Waals surface area contributed by atoms with Crippen molar-refractivity contribution in [3.63, 3.8) is 0 Å². The zero-order valence-electron chi connectivity index (χ0n) is 16.8. The summed E-state index contributed by atoms with van der Waals surface area (Å²) in [5.41, 5.74) is 8.34. The molecule has 30 heavy (non-hydrogen) atoms. The Morgan fingerprint density at radius 2 is 2.00 bits per heavy atom. The molecule has 6 nitrogen and oxygen atoms in total. The Morgan fingerprint density at radius 1 is 1.27 bits per heavy atom. The summed E-state index contributed by atoms with van der Waals surface area (Å²) >= 11 is 0. The summed E-state index contributed by atoms with van der Waals surface area (Å²) in [6.45, 7) is 4.23. The van der Waals surface area contributed by atoms with Crippen molar-refractivity contribution in [2.75, 3.05) is 13.2 Å². The molecule has 0 spiro atoms. The molecule has 1 aliphatic heterocycles. The smallest absolute Gasteiger partial charge is 0.215 e. The lowest BCUT2D eigenvalue weighted by Crippen LogP contribution is -2.30. The fourth-order valence-corrected chi connectivity index (χ4v) is 3.79. The second-order valence-corrected chi connectivity index (χ2v) is 7.71. The van der Waals surface area contributed by atoms with Gasteiger partial charge in [0.2, 0.25) is 5.88 Å². The van der Waals surface area contributed by atoms with Crippen molar-refractivity contribution >= 4 is 11.3 Å². The number of ether oxygens (including phenoxy) is 2. The van der Waals surface area contributed by atoms with Crippen LogP contribution in [-0.4, -0.2) is 34.7 Å². The van der Waals surface area contributed by atoms with E-state index >= 15 is 0 Å². The number of hydrogen-bond donors (Lipinski definition) is 1. The van der Waals surface area contributed by atoms with Gasteiger partial charge in [0.15, 0.2) is 5.78 Å². The molecule has 1 fully saturated rings. The van der Waals surface area contributed by atoms with Gasteiger partial charge in [0.25, 0.3) is 0 Å². The highest BCUT2D eigenvalue weighted by Gasteiger charge is 2.29. The minimum atomic E-state index is -0.679. The predicted octanol–water partition coefficient (Wildman–Crippen LogP) is 3.35. The van der Waals surface area contributed by atoms with Crippen molar-refractivity contribution in [3.05, 3.63) is 64.4 Å². The van der Waals surface area contributed by atoms with E-state index in [1.54, 1.807) is 13.0 Å². The monoisotopic (exact) mass is 415 g/mol. The van der Waals surface area contributed by atoms with Gasteiger partial charge in [-0.1, -0.05) is 6.07 Å². The number of aryl methyl sites for hydroxylation is 2. The van der Waals surface area contributed by atoms with E-state index in [9.17, 15) is 13.6 Å². The van der Waals surface area contributed by atoms with E-state index < -0.39 is 11.6 Å². The summed E-state index contributed by atoms with van der Waals surface area (Å²) in [4.78, 5) is 13.0. The number of carbonyl (C=O) groups is 1. The van der Waals surface area contributed by atoms with Gasteiger partial charge in [-0.15, -0.1) is 0 Å². The lowest BCUT2D eigenvalue weighted by atomic mass is 9.94. The zero-order chi connectivity index (χ0) is 21.4. The Bertz CT molecular complexity index is 1090. The molecular weight excluding hydrogens is 392 g/mol. The summed E-state index contributed by atoms with van der Waals surface area (Å²) < 4.78 is 40.4. The SMILES string of the molecule is Cc1cc(OCc2c(F)cccc2F)n2nc(C)c(C(=O)C[C@@H]3COC[C@@H]3N)c2c1. The zero-order valence-corrected chi connectivity index (χ0v) is 16.8. The largest absolute Gasteiger partial charge is 0.473 e. The van der Waals surface area contributed by atoms with Crippen LogP contribution >= 0.6 is 0 Å². The maximum absolute atomic E-state index is 13.9. The van der Waals surface area contributed by atoms with E-state index in [1.807, 2.05) is 13.0 Å². The summed E-state index contributed by atoms with van der Waals surface area (Å²) in [6.07, 6.45) is 0.272. The number of carbonyl (C=O) groups excluding carboxylic acids is 1. The molecular formula is C22H23F2N3O3. The molecule has 1 aromatic carbocycles. The number of benzene rings is 1. The highest BCUT2D eigenvalue weighted by Crippen LogP contribution is 2.27. The van der Waals surface area contributed by atoms with Crippen LogP contribution in [0.2, 0.25) is 0 Å². The number of pyridine rings is 1. The van der Waals surface area contributed by atoms with Crippen LogP contribution in [0, 0.1) is 31.4 Å². The van der Waals surface area contributed by atoms with Gasteiger partial charge in [-0.3, -0.25) is 4.79 Å². The highest BCUT2D eigenvalue weighted by molar-refractivity contribution is 6.03. The number of Topliss-reactive ketones (excluding diaryl/α,β-unsaturated/α-hetero) is 1. The summed E-state index contributed by atoms with van der Waals surface area (Å²) in [6, 6.07) is 7.06. The molecule has 0 amide bonds. The molecule has 158 valence electrons. The third kappa shape index (κ3) is 3.80. The van der Waals surface area contributed by atoms with Gasteiger partial charge >= 0.3 is 0 Å². The molecule has 4 rings (SSSR count). The molecule has 3 aromatic rings. The van der Waals surface area contributed by atoms with Crippen molar-refractivity contribution in [2.45, 2.75) is 32.9 Å². The average Bonchev–Trinajstić information content (AvgIpc) is 3.23. The van der Waals surface area contributed by atoms with Crippen LogP contribution in [-0.2, 0) is 11.3 Å². The number of fused-ring (bicyclic) bond motifs is 1. The number of nitrogens with two attached hydrogens (primary N) is 1. The summed E-state index contributed by atoms with van der Waals surface area (Å²) in [5.74, 6) is -1.15. The molecule has 2 aromatic heterocycles. The molecule has 8 heteroatoms. The topological polar surface area (TPSA) is 78.8 Å². The Kier molecular flexibility index (Phi) is 5.53. The Morgan fingerprint density at radius 3 is 2.67 bits per heavy atom. The van der Waals surface area contributed by atoms with E-state index in [-0.39, 0.29) is 36.3 Å². The Hall–Kier alpha value is -2.84. The third-order valence-corrected chi connectivity index (χ3v) is 5.42. The molecule has 2 atom stereocenters. The normalized spacial score (nSPS) is 18.8. The van der Waals surface area contributed by atoms with Crippen LogP contribution in [0.5, 0.6) is 5.88 Å². The molecule has 0 bridgehead atoms. The summed E-state index contributed by atoms with van der Waals surface area (Å²) in [7, 11) is 0. The van der Waals surface area contributed by atoms with Crippen LogP contribution in [0.15, 0.2) is 30.3 Å². The molecule has 2 N–H and O–H groups in total. The standard InChI is InChI=1S/C22H23F2N3O3/c1-12-6-19-22(20(28)8-14-9-29-11-18(14)25)13(2)26-27(19)21(7-12)30-10-15-16(23)4-3-5-17(15)24/h3-7,14,18H,8-11,25H2,1-2H3/t14-,18+/m1/s1.